The summed E-state index contributed by atoms with van der Waals surface area (Å²) >= 11 is 4.43. The van der Waals surface area contributed by atoms with Gasteiger partial charge in [0, 0.05) is 6.42 Å². The summed E-state index contributed by atoms with van der Waals surface area (Å²) in [5, 5.41) is -0.101. The minimum atomic E-state index is -0.101. The van der Waals surface area contributed by atoms with Gasteiger partial charge in [-0.15, -0.1) is 0 Å². The average molecular weight is 145 g/mol. The summed E-state index contributed by atoms with van der Waals surface area (Å²) in [6, 6.07) is 0. The van der Waals surface area contributed by atoms with E-state index >= 15 is 0 Å². The highest BCUT2D eigenvalue weighted by Gasteiger charge is 2.03. The van der Waals surface area contributed by atoms with Gasteiger partial charge < -0.3 is 0 Å². The number of hydrogen-bond acceptors (Lipinski definition) is 1. The molecule has 0 spiro atoms. The molecule has 0 bridgehead atoms. The van der Waals surface area contributed by atoms with Crippen LogP contribution in [0.2, 0.25) is 0 Å². The van der Waals surface area contributed by atoms with Crippen molar-refractivity contribution in [1.82, 2.24) is 0 Å². The van der Waals surface area contributed by atoms with Crippen molar-refractivity contribution in [2.45, 2.75) is 33.1 Å². The van der Waals surface area contributed by atoms with Crippen LogP contribution in [0.3, 0.4) is 0 Å². The predicted molar refractivity (Wildman–Crippen MR) is 41.3 cm³/mol. The van der Waals surface area contributed by atoms with Crippen LogP contribution in [0, 0.1) is 5.92 Å². The minimum absolute atomic E-state index is 0.101. The lowest BCUT2D eigenvalue weighted by atomic mass is 10.0. The van der Waals surface area contributed by atoms with E-state index in [1.165, 1.54) is 0 Å². The standard InChI is InChI=1S/C7H13OS/c1-3-4-6(2)5-7(8)9/h6H,3-5H2,1-2H3. The number of hydrogen-bond donors (Lipinski definition) is 0. The molecule has 0 heterocycles. The smallest absolute Gasteiger partial charge is 0.218 e. The van der Waals surface area contributed by atoms with Gasteiger partial charge in [-0.1, -0.05) is 26.7 Å². The molecule has 0 saturated carbocycles. The Kier molecular flexibility index (Phi) is 4.68. The molecule has 1 atom stereocenters. The molecule has 0 aromatic heterocycles. The SMILES string of the molecule is CCCC(C)CC(=O)[S]. The maximum Gasteiger partial charge on any atom is 0.218 e. The molecule has 0 rings (SSSR count). The molecule has 1 nitrogen and oxygen atoms in total. The summed E-state index contributed by atoms with van der Waals surface area (Å²) < 4.78 is 0. The van der Waals surface area contributed by atoms with E-state index in [0.717, 1.165) is 12.8 Å². The van der Waals surface area contributed by atoms with Gasteiger partial charge in [-0.05, 0) is 18.5 Å². The first-order valence-corrected chi connectivity index (χ1v) is 3.77. The summed E-state index contributed by atoms with van der Waals surface area (Å²) in [7, 11) is 0. The second-order valence-electron chi connectivity index (χ2n) is 2.47. The summed E-state index contributed by atoms with van der Waals surface area (Å²) in [4.78, 5) is 10.3. The third-order valence-electron chi connectivity index (χ3n) is 1.30. The summed E-state index contributed by atoms with van der Waals surface area (Å²) in [6.07, 6.45) is 2.83. The monoisotopic (exact) mass is 145 g/mol. The van der Waals surface area contributed by atoms with Gasteiger partial charge in [0.2, 0.25) is 5.12 Å². The van der Waals surface area contributed by atoms with Crippen LogP contribution in [0.25, 0.3) is 0 Å². The molecule has 0 aromatic carbocycles. The number of carbonyl (C=O) groups is 1. The van der Waals surface area contributed by atoms with E-state index in [4.69, 9.17) is 0 Å². The molecule has 1 radical (unpaired) electrons. The zero-order chi connectivity index (χ0) is 7.28. The molecular weight excluding hydrogens is 132 g/mol. The Morgan fingerprint density at radius 1 is 1.67 bits per heavy atom. The molecule has 1 unspecified atom stereocenters. The van der Waals surface area contributed by atoms with E-state index in [0.29, 0.717) is 12.3 Å². The van der Waals surface area contributed by atoms with Crippen molar-refractivity contribution in [3.8, 4) is 0 Å². The highest BCUT2D eigenvalue weighted by molar-refractivity contribution is 7.96. The molecule has 0 N–H and O–H groups in total. The molecule has 0 amide bonds. The van der Waals surface area contributed by atoms with E-state index in [1.807, 2.05) is 0 Å². The maximum atomic E-state index is 10.3. The third kappa shape index (κ3) is 5.77. The highest BCUT2D eigenvalue weighted by atomic mass is 32.1. The van der Waals surface area contributed by atoms with Gasteiger partial charge in [-0.3, -0.25) is 4.79 Å². The molecule has 9 heavy (non-hydrogen) atoms. The fourth-order valence-corrected chi connectivity index (χ4v) is 1.16. The Labute approximate surface area is 62.2 Å². The molecule has 2 heteroatoms. The van der Waals surface area contributed by atoms with Crippen LogP contribution in [-0.4, -0.2) is 5.12 Å². The first-order chi connectivity index (χ1) is 4.16. The van der Waals surface area contributed by atoms with E-state index < -0.39 is 0 Å². The fourth-order valence-electron chi connectivity index (χ4n) is 0.879. The first kappa shape index (κ1) is 8.89. The van der Waals surface area contributed by atoms with Crippen molar-refractivity contribution in [3.05, 3.63) is 0 Å². The normalized spacial score (nSPS) is 13.1. The van der Waals surface area contributed by atoms with Crippen LogP contribution in [0.5, 0.6) is 0 Å². The quantitative estimate of drug-likeness (QED) is 0.594. The molecule has 0 aliphatic heterocycles. The molecule has 0 fully saturated rings. The second-order valence-corrected chi connectivity index (χ2v) is 2.93. The lowest BCUT2D eigenvalue weighted by molar-refractivity contribution is -0.111. The van der Waals surface area contributed by atoms with Crippen molar-refractivity contribution in [3.63, 3.8) is 0 Å². The fraction of sp³-hybridized carbons (Fsp3) is 0.857. The van der Waals surface area contributed by atoms with Crippen molar-refractivity contribution in [2.24, 2.45) is 5.92 Å². The van der Waals surface area contributed by atoms with Crippen molar-refractivity contribution < 1.29 is 4.79 Å². The van der Waals surface area contributed by atoms with Gasteiger partial charge in [-0.2, -0.15) is 0 Å². The largest absolute Gasteiger partial charge is 0.282 e. The lowest BCUT2D eigenvalue weighted by Crippen LogP contribution is -1.98. The third-order valence-corrected chi connectivity index (χ3v) is 1.46. The predicted octanol–water partition coefficient (Wildman–Crippen LogP) is 2.54. The summed E-state index contributed by atoms with van der Waals surface area (Å²) in [5.41, 5.74) is 0. The molecule has 0 aromatic rings. The minimum Gasteiger partial charge on any atom is -0.282 e. The van der Waals surface area contributed by atoms with Crippen molar-refractivity contribution in [1.29, 1.82) is 0 Å². The van der Waals surface area contributed by atoms with Gasteiger partial charge in [0.05, 0.1) is 0 Å². The van der Waals surface area contributed by atoms with E-state index in [1.54, 1.807) is 0 Å². The Morgan fingerprint density at radius 3 is 2.56 bits per heavy atom. The van der Waals surface area contributed by atoms with Gasteiger partial charge in [0.15, 0.2) is 0 Å². The van der Waals surface area contributed by atoms with Gasteiger partial charge in [-0.25, -0.2) is 0 Å². The topological polar surface area (TPSA) is 17.1 Å². The highest BCUT2D eigenvalue weighted by Crippen LogP contribution is 2.10. The maximum absolute atomic E-state index is 10.3. The molecule has 0 aliphatic rings. The van der Waals surface area contributed by atoms with Gasteiger partial charge >= 0.3 is 0 Å². The van der Waals surface area contributed by atoms with Gasteiger partial charge in [0.25, 0.3) is 0 Å². The average Bonchev–Trinajstić information content (AvgIpc) is 1.63. The van der Waals surface area contributed by atoms with Crippen LogP contribution in [0.4, 0.5) is 0 Å². The lowest BCUT2D eigenvalue weighted by Gasteiger charge is -2.03. The zero-order valence-electron chi connectivity index (χ0n) is 6.02. The van der Waals surface area contributed by atoms with E-state index in [-0.39, 0.29) is 5.12 Å². The Hall–Kier alpha value is -0.110. The molecular formula is C7H13OS. The van der Waals surface area contributed by atoms with Crippen LogP contribution in [0.15, 0.2) is 0 Å². The van der Waals surface area contributed by atoms with Gasteiger partial charge in [0.1, 0.15) is 0 Å². The Bertz CT molecular complexity index is 90.9. The summed E-state index contributed by atoms with van der Waals surface area (Å²) in [5.74, 6) is 0.486. The Morgan fingerprint density at radius 2 is 2.22 bits per heavy atom. The summed E-state index contributed by atoms with van der Waals surface area (Å²) in [6.45, 7) is 4.18. The molecule has 0 saturated heterocycles. The number of carbonyl (C=O) groups excluding carboxylic acids is 1. The van der Waals surface area contributed by atoms with Crippen LogP contribution in [-0.2, 0) is 4.79 Å². The second kappa shape index (κ2) is 4.74. The van der Waals surface area contributed by atoms with Crippen molar-refractivity contribution in [2.75, 3.05) is 0 Å². The molecule has 0 aliphatic carbocycles. The molecule has 53 valence electrons. The Balaban J connectivity index is 3.26. The van der Waals surface area contributed by atoms with E-state index in [2.05, 4.69) is 26.5 Å². The zero-order valence-corrected chi connectivity index (χ0v) is 6.83. The van der Waals surface area contributed by atoms with Crippen LogP contribution in [0.1, 0.15) is 33.1 Å². The van der Waals surface area contributed by atoms with E-state index in [9.17, 15) is 4.79 Å². The first-order valence-electron chi connectivity index (χ1n) is 3.36. The van der Waals surface area contributed by atoms with Crippen LogP contribution >= 0.6 is 12.6 Å². The number of rotatable bonds is 4. The van der Waals surface area contributed by atoms with Crippen molar-refractivity contribution >= 4 is 17.7 Å². The van der Waals surface area contributed by atoms with Crippen LogP contribution < -0.4 is 0 Å².